The molecule has 2 rings (SSSR count). The molecule has 4 nitrogen and oxygen atoms in total. The molecule has 1 heterocycles. The van der Waals surface area contributed by atoms with Gasteiger partial charge in [0, 0.05) is 31.1 Å². The van der Waals surface area contributed by atoms with Crippen LogP contribution in [0.1, 0.15) is 51.9 Å². The van der Waals surface area contributed by atoms with E-state index in [1.807, 2.05) is 0 Å². The summed E-state index contributed by atoms with van der Waals surface area (Å²) in [5.74, 6) is 0.613. The minimum atomic E-state index is 0.212. The fraction of sp³-hybridized carbons (Fsp3) is 0.933. The zero-order valence-corrected chi connectivity index (χ0v) is 12.4. The van der Waals surface area contributed by atoms with E-state index >= 15 is 0 Å². The number of hydrogen-bond acceptors (Lipinski definition) is 3. The third-order valence-corrected chi connectivity index (χ3v) is 4.99. The summed E-state index contributed by atoms with van der Waals surface area (Å²) in [5, 5.41) is 3.22. The van der Waals surface area contributed by atoms with Gasteiger partial charge in [-0.1, -0.05) is 12.8 Å². The topological polar surface area (TPSA) is 58.4 Å². The standard InChI is InChI=1S/C15H29N3O/c1-11-9-13(7-8-18(11)2)17-15(19)10-12-5-3-4-6-14(12)16/h11-14H,3-10,16H2,1-2H3,(H,17,19). The lowest BCUT2D eigenvalue weighted by Crippen LogP contribution is -2.48. The van der Waals surface area contributed by atoms with E-state index in [2.05, 4.69) is 24.2 Å². The van der Waals surface area contributed by atoms with Crippen molar-refractivity contribution in [3.05, 3.63) is 0 Å². The highest BCUT2D eigenvalue weighted by molar-refractivity contribution is 5.76. The van der Waals surface area contributed by atoms with Crippen molar-refractivity contribution in [2.24, 2.45) is 11.7 Å². The van der Waals surface area contributed by atoms with E-state index in [0.29, 0.717) is 24.4 Å². The lowest BCUT2D eigenvalue weighted by atomic mass is 9.82. The highest BCUT2D eigenvalue weighted by Gasteiger charge is 2.27. The van der Waals surface area contributed by atoms with Crippen LogP contribution < -0.4 is 11.1 Å². The zero-order valence-electron chi connectivity index (χ0n) is 12.4. The molecule has 3 N–H and O–H groups in total. The Morgan fingerprint density at radius 3 is 2.74 bits per heavy atom. The van der Waals surface area contributed by atoms with Crippen molar-refractivity contribution in [1.29, 1.82) is 0 Å². The number of carbonyl (C=O) groups excluding carboxylic acids is 1. The van der Waals surface area contributed by atoms with Gasteiger partial charge in [-0.2, -0.15) is 0 Å². The molecular formula is C15H29N3O. The van der Waals surface area contributed by atoms with Crippen LogP contribution in [0.5, 0.6) is 0 Å². The van der Waals surface area contributed by atoms with Crippen molar-refractivity contribution in [2.45, 2.75) is 70.0 Å². The summed E-state index contributed by atoms with van der Waals surface area (Å²) < 4.78 is 0. The van der Waals surface area contributed by atoms with Gasteiger partial charge in [0.15, 0.2) is 0 Å². The lowest BCUT2D eigenvalue weighted by Gasteiger charge is -2.36. The van der Waals surface area contributed by atoms with Gasteiger partial charge >= 0.3 is 0 Å². The molecule has 4 atom stereocenters. The van der Waals surface area contributed by atoms with E-state index in [1.54, 1.807) is 0 Å². The van der Waals surface area contributed by atoms with Crippen LogP contribution in [0, 0.1) is 5.92 Å². The van der Waals surface area contributed by atoms with Gasteiger partial charge < -0.3 is 16.0 Å². The first-order valence-corrected chi connectivity index (χ1v) is 7.81. The number of likely N-dealkylation sites (tertiary alicyclic amines) is 1. The Bertz CT molecular complexity index is 308. The molecule has 110 valence electrons. The zero-order chi connectivity index (χ0) is 13.8. The van der Waals surface area contributed by atoms with E-state index in [9.17, 15) is 4.79 Å². The number of piperidine rings is 1. The molecule has 0 spiro atoms. The van der Waals surface area contributed by atoms with Gasteiger partial charge in [0.25, 0.3) is 0 Å². The fourth-order valence-corrected chi connectivity index (χ4v) is 3.44. The highest BCUT2D eigenvalue weighted by atomic mass is 16.1. The van der Waals surface area contributed by atoms with Crippen LogP contribution in [0.25, 0.3) is 0 Å². The van der Waals surface area contributed by atoms with Gasteiger partial charge in [-0.25, -0.2) is 0 Å². The SMILES string of the molecule is CC1CC(NC(=O)CC2CCCCC2N)CCN1C. The van der Waals surface area contributed by atoms with Crippen LogP contribution in [0.2, 0.25) is 0 Å². The van der Waals surface area contributed by atoms with E-state index in [1.165, 1.54) is 12.8 Å². The van der Waals surface area contributed by atoms with Gasteiger partial charge in [-0.05, 0) is 45.6 Å². The second kappa shape index (κ2) is 6.71. The summed E-state index contributed by atoms with van der Waals surface area (Å²) in [6, 6.07) is 1.16. The maximum absolute atomic E-state index is 12.1. The smallest absolute Gasteiger partial charge is 0.220 e. The molecule has 4 heteroatoms. The summed E-state index contributed by atoms with van der Waals surface area (Å²) in [4.78, 5) is 14.5. The molecule has 1 saturated carbocycles. The molecule has 0 aromatic rings. The summed E-state index contributed by atoms with van der Waals surface area (Å²) in [7, 11) is 2.16. The molecule has 2 aliphatic rings. The quantitative estimate of drug-likeness (QED) is 0.814. The second-order valence-corrected chi connectivity index (χ2v) is 6.53. The first-order valence-electron chi connectivity index (χ1n) is 7.81. The third-order valence-electron chi connectivity index (χ3n) is 4.99. The summed E-state index contributed by atoms with van der Waals surface area (Å²) in [5.41, 5.74) is 6.11. The number of amides is 1. The molecule has 1 aliphatic carbocycles. The van der Waals surface area contributed by atoms with Crippen LogP contribution >= 0.6 is 0 Å². The van der Waals surface area contributed by atoms with Crippen molar-refractivity contribution < 1.29 is 4.79 Å². The number of nitrogens with one attached hydrogen (secondary N) is 1. The Labute approximate surface area is 117 Å². The van der Waals surface area contributed by atoms with Crippen molar-refractivity contribution in [2.75, 3.05) is 13.6 Å². The average Bonchev–Trinajstić information content (AvgIpc) is 2.37. The normalized spacial score (nSPS) is 37.0. The molecule has 19 heavy (non-hydrogen) atoms. The molecule has 0 aromatic heterocycles. The van der Waals surface area contributed by atoms with E-state index in [0.717, 1.165) is 32.2 Å². The predicted octanol–water partition coefficient (Wildman–Crippen LogP) is 1.49. The Morgan fingerprint density at radius 1 is 1.32 bits per heavy atom. The largest absolute Gasteiger partial charge is 0.353 e. The van der Waals surface area contributed by atoms with Crippen LogP contribution in [0.4, 0.5) is 0 Å². The number of hydrogen-bond donors (Lipinski definition) is 2. The molecule has 0 bridgehead atoms. The third kappa shape index (κ3) is 4.18. The fourth-order valence-electron chi connectivity index (χ4n) is 3.44. The average molecular weight is 267 g/mol. The lowest BCUT2D eigenvalue weighted by molar-refractivity contribution is -0.123. The molecule has 4 unspecified atom stereocenters. The molecule has 1 aliphatic heterocycles. The van der Waals surface area contributed by atoms with Gasteiger partial charge in [0.1, 0.15) is 0 Å². The number of nitrogens with zero attached hydrogens (tertiary/aromatic N) is 1. The predicted molar refractivity (Wildman–Crippen MR) is 77.8 cm³/mol. The van der Waals surface area contributed by atoms with Gasteiger partial charge in [-0.15, -0.1) is 0 Å². The second-order valence-electron chi connectivity index (χ2n) is 6.53. The van der Waals surface area contributed by atoms with Crippen LogP contribution in [0.3, 0.4) is 0 Å². The highest BCUT2D eigenvalue weighted by Crippen LogP contribution is 2.25. The summed E-state index contributed by atoms with van der Waals surface area (Å²) >= 11 is 0. The van der Waals surface area contributed by atoms with Crippen molar-refractivity contribution in [1.82, 2.24) is 10.2 Å². The van der Waals surface area contributed by atoms with Crippen molar-refractivity contribution in [3.8, 4) is 0 Å². The maximum atomic E-state index is 12.1. The molecule has 1 saturated heterocycles. The van der Waals surface area contributed by atoms with Crippen LogP contribution in [0.15, 0.2) is 0 Å². The minimum absolute atomic E-state index is 0.212. The van der Waals surface area contributed by atoms with E-state index in [-0.39, 0.29) is 11.9 Å². The summed E-state index contributed by atoms with van der Waals surface area (Å²) in [6.45, 7) is 3.31. The number of nitrogens with two attached hydrogens (primary N) is 1. The molecule has 2 fully saturated rings. The molecule has 0 aromatic carbocycles. The Morgan fingerprint density at radius 2 is 2.05 bits per heavy atom. The van der Waals surface area contributed by atoms with Gasteiger partial charge in [0.05, 0.1) is 0 Å². The number of carbonyl (C=O) groups is 1. The maximum Gasteiger partial charge on any atom is 0.220 e. The summed E-state index contributed by atoms with van der Waals surface area (Å²) in [6.07, 6.45) is 7.44. The van der Waals surface area contributed by atoms with Crippen molar-refractivity contribution >= 4 is 5.91 Å². The first-order chi connectivity index (χ1) is 9.06. The van der Waals surface area contributed by atoms with Gasteiger partial charge in [-0.3, -0.25) is 4.79 Å². The van der Waals surface area contributed by atoms with Crippen LogP contribution in [-0.4, -0.2) is 42.5 Å². The molecular weight excluding hydrogens is 238 g/mol. The Kier molecular flexibility index (Phi) is 5.22. The van der Waals surface area contributed by atoms with E-state index in [4.69, 9.17) is 5.73 Å². The van der Waals surface area contributed by atoms with Crippen molar-refractivity contribution in [3.63, 3.8) is 0 Å². The Hall–Kier alpha value is -0.610. The first kappa shape index (κ1) is 14.8. The Balaban J connectivity index is 1.75. The van der Waals surface area contributed by atoms with Gasteiger partial charge in [0.2, 0.25) is 5.91 Å². The number of rotatable bonds is 3. The minimum Gasteiger partial charge on any atom is -0.353 e. The molecule has 1 amide bonds. The van der Waals surface area contributed by atoms with Crippen LogP contribution in [-0.2, 0) is 4.79 Å². The molecule has 0 radical (unpaired) electrons. The van der Waals surface area contributed by atoms with E-state index < -0.39 is 0 Å². The monoisotopic (exact) mass is 267 g/mol.